The molecule has 1 amide bonds. The second-order valence-electron chi connectivity index (χ2n) is 4.63. The molecule has 1 saturated heterocycles. The zero-order chi connectivity index (χ0) is 13.7. The number of hydrogen-bond acceptors (Lipinski definition) is 3. The molecule has 1 unspecified atom stereocenters. The molecule has 1 fully saturated rings. The Hall–Kier alpha value is -1.72. The van der Waals surface area contributed by atoms with Gasteiger partial charge in [-0.1, -0.05) is 12.1 Å². The van der Waals surface area contributed by atoms with Crippen LogP contribution in [0.3, 0.4) is 0 Å². The van der Waals surface area contributed by atoms with Crippen LogP contribution >= 0.6 is 0 Å². The van der Waals surface area contributed by atoms with Crippen LogP contribution < -0.4 is 5.32 Å². The van der Waals surface area contributed by atoms with Crippen molar-refractivity contribution in [1.29, 1.82) is 0 Å². The predicted octanol–water partition coefficient (Wildman–Crippen LogP) is 1.11. The van der Waals surface area contributed by atoms with Crippen LogP contribution in [-0.2, 0) is 9.53 Å². The van der Waals surface area contributed by atoms with Gasteiger partial charge >= 0.3 is 0 Å². The summed E-state index contributed by atoms with van der Waals surface area (Å²) >= 11 is 0. The quantitative estimate of drug-likeness (QED) is 0.802. The first-order chi connectivity index (χ1) is 9.07. The lowest BCUT2D eigenvalue weighted by Gasteiger charge is -2.19. The lowest BCUT2D eigenvalue weighted by molar-refractivity contribution is -0.117. The fourth-order valence-electron chi connectivity index (χ4n) is 1.79. The zero-order valence-electron chi connectivity index (χ0n) is 10.4. The van der Waals surface area contributed by atoms with E-state index in [1.807, 2.05) is 0 Å². The van der Waals surface area contributed by atoms with E-state index in [0.29, 0.717) is 13.0 Å². The minimum Gasteiger partial charge on any atom is -0.386 e. The molecule has 19 heavy (non-hydrogen) atoms. The molecule has 0 aromatic heterocycles. The first-order valence-corrected chi connectivity index (χ1v) is 6.09. The SMILES string of the molecule is O=C(/C=C/c1ccc(F)cc1)NCC1(O)CCOC1. The fraction of sp³-hybridized carbons (Fsp3) is 0.357. The maximum absolute atomic E-state index is 12.7. The van der Waals surface area contributed by atoms with Gasteiger partial charge in [-0.3, -0.25) is 4.79 Å². The Morgan fingerprint density at radius 3 is 2.84 bits per heavy atom. The summed E-state index contributed by atoms with van der Waals surface area (Å²) in [6.07, 6.45) is 3.46. The van der Waals surface area contributed by atoms with Crippen molar-refractivity contribution < 1.29 is 19.0 Å². The second-order valence-corrected chi connectivity index (χ2v) is 4.63. The van der Waals surface area contributed by atoms with E-state index in [1.54, 1.807) is 18.2 Å². The summed E-state index contributed by atoms with van der Waals surface area (Å²) < 4.78 is 17.8. The molecule has 2 N–H and O–H groups in total. The number of carbonyl (C=O) groups is 1. The summed E-state index contributed by atoms with van der Waals surface area (Å²) in [5, 5.41) is 12.6. The molecule has 1 aromatic rings. The average molecular weight is 265 g/mol. The molecule has 1 aliphatic rings. The van der Waals surface area contributed by atoms with Gasteiger partial charge in [0.15, 0.2) is 0 Å². The molecule has 1 atom stereocenters. The van der Waals surface area contributed by atoms with Crippen LogP contribution in [0, 0.1) is 5.82 Å². The number of nitrogens with one attached hydrogen (secondary N) is 1. The first-order valence-electron chi connectivity index (χ1n) is 6.09. The van der Waals surface area contributed by atoms with E-state index in [1.165, 1.54) is 18.2 Å². The molecule has 0 spiro atoms. The molecule has 0 radical (unpaired) electrons. The Labute approximate surface area is 110 Å². The predicted molar refractivity (Wildman–Crippen MR) is 68.8 cm³/mol. The van der Waals surface area contributed by atoms with Crippen molar-refractivity contribution in [3.63, 3.8) is 0 Å². The minimum atomic E-state index is -0.959. The van der Waals surface area contributed by atoms with Gasteiger partial charge in [-0.15, -0.1) is 0 Å². The summed E-state index contributed by atoms with van der Waals surface area (Å²) in [5.41, 5.74) is -0.223. The maximum Gasteiger partial charge on any atom is 0.244 e. The number of carbonyl (C=O) groups excluding carboxylic acids is 1. The van der Waals surface area contributed by atoms with Crippen LogP contribution in [-0.4, -0.2) is 36.4 Å². The summed E-state index contributed by atoms with van der Waals surface area (Å²) in [6.45, 7) is 0.923. The number of hydrogen-bond donors (Lipinski definition) is 2. The summed E-state index contributed by atoms with van der Waals surface area (Å²) in [4.78, 5) is 11.6. The van der Waals surface area contributed by atoms with Gasteiger partial charge in [-0.2, -0.15) is 0 Å². The molecule has 0 bridgehead atoms. The molecule has 1 aromatic carbocycles. The van der Waals surface area contributed by atoms with Crippen LogP contribution in [0.15, 0.2) is 30.3 Å². The van der Waals surface area contributed by atoms with Crippen LogP contribution in [0.2, 0.25) is 0 Å². The van der Waals surface area contributed by atoms with Crippen molar-refractivity contribution in [2.75, 3.05) is 19.8 Å². The van der Waals surface area contributed by atoms with E-state index >= 15 is 0 Å². The van der Waals surface area contributed by atoms with E-state index in [0.717, 1.165) is 5.56 Å². The van der Waals surface area contributed by atoms with E-state index in [-0.39, 0.29) is 24.9 Å². The lowest BCUT2D eigenvalue weighted by atomic mass is 10.0. The van der Waals surface area contributed by atoms with Gasteiger partial charge < -0.3 is 15.2 Å². The van der Waals surface area contributed by atoms with E-state index < -0.39 is 5.60 Å². The zero-order valence-corrected chi connectivity index (χ0v) is 10.4. The van der Waals surface area contributed by atoms with Crippen LogP contribution in [0.4, 0.5) is 4.39 Å². The van der Waals surface area contributed by atoms with Crippen LogP contribution in [0.5, 0.6) is 0 Å². The smallest absolute Gasteiger partial charge is 0.244 e. The minimum absolute atomic E-state index is 0.166. The largest absolute Gasteiger partial charge is 0.386 e. The van der Waals surface area contributed by atoms with Crippen LogP contribution in [0.1, 0.15) is 12.0 Å². The number of halogens is 1. The number of aliphatic hydroxyl groups is 1. The summed E-state index contributed by atoms with van der Waals surface area (Å²) in [5.74, 6) is -0.616. The maximum atomic E-state index is 12.7. The third-order valence-electron chi connectivity index (χ3n) is 2.97. The van der Waals surface area contributed by atoms with Gasteiger partial charge in [0.2, 0.25) is 5.91 Å². The summed E-state index contributed by atoms with van der Waals surface area (Å²) in [6, 6.07) is 5.82. The highest BCUT2D eigenvalue weighted by Gasteiger charge is 2.32. The Morgan fingerprint density at radius 2 is 2.21 bits per heavy atom. The van der Waals surface area contributed by atoms with Crippen molar-refractivity contribution in [2.45, 2.75) is 12.0 Å². The van der Waals surface area contributed by atoms with Crippen molar-refractivity contribution >= 4 is 12.0 Å². The van der Waals surface area contributed by atoms with Gasteiger partial charge in [0.05, 0.1) is 6.61 Å². The molecule has 102 valence electrons. The van der Waals surface area contributed by atoms with Gasteiger partial charge in [-0.25, -0.2) is 4.39 Å². The fourth-order valence-corrected chi connectivity index (χ4v) is 1.79. The Balaban J connectivity index is 1.82. The van der Waals surface area contributed by atoms with Crippen molar-refractivity contribution in [3.05, 3.63) is 41.7 Å². The topological polar surface area (TPSA) is 58.6 Å². The Morgan fingerprint density at radius 1 is 1.47 bits per heavy atom. The third kappa shape index (κ3) is 4.15. The second kappa shape index (κ2) is 5.95. The monoisotopic (exact) mass is 265 g/mol. The molecule has 4 nitrogen and oxygen atoms in total. The molecule has 5 heteroatoms. The van der Waals surface area contributed by atoms with Crippen molar-refractivity contribution in [2.24, 2.45) is 0 Å². The first kappa shape index (κ1) is 13.7. The molecule has 1 aliphatic heterocycles. The number of rotatable bonds is 4. The normalized spacial score (nSPS) is 22.8. The molecule has 2 rings (SSSR count). The molecule has 0 saturated carbocycles. The van der Waals surface area contributed by atoms with Gasteiger partial charge in [0.1, 0.15) is 11.4 Å². The molecule has 0 aliphatic carbocycles. The van der Waals surface area contributed by atoms with Crippen LogP contribution in [0.25, 0.3) is 6.08 Å². The van der Waals surface area contributed by atoms with Gasteiger partial charge in [-0.05, 0) is 23.8 Å². The molecular formula is C14H16FNO3. The van der Waals surface area contributed by atoms with Crippen molar-refractivity contribution in [3.8, 4) is 0 Å². The highest BCUT2D eigenvalue weighted by molar-refractivity contribution is 5.91. The Bertz CT molecular complexity index is 464. The summed E-state index contributed by atoms with van der Waals surface area (Å²) in [7, 11) is 0. The number of ether oxygens (including phenoxy) is 1. The highest BCUT2D eigenvalue weighted by Crippen LogP contribution is 2.16. The number of amides is 1. The van der Waals surface area contributed by atoms with Gasteiger partial charge in [0.25, 0.3) is 0 Å². The highest BCUT2D eigenvalue weighted by atomic mass is 19.1. The lowest BCUT2D eigenvalue weighted by Crippen LogP contribution is -2.42. The number of benzene rings is 1. The van der Waals surface area contributed by atoms with E-state index in [2.05, 4.69) is 5.32 Å². The standard InChI is InChI=1S/C14H16FNO3/c15-12-4-1-11(2-5-12)3-6-13(17)16-9-14(18)7-8-19-10-14/h1-6,18H,7-10H2,(H,16,17)/b6-3+. The molecule has 1 heterocycles. The van der Waals surface area contributed by atoms with Crippen molar-refractivity contribution in [1.82, 2.24) is 5.32 Å². The molecular weight excluding hydrogens is 249 g/mol. The third-order valence-corrected chi connectivity index (χ3v) is 2.97. The Kier molecular flexibility index (Phi) is 4.29. The van der Waals surface area contributed by atoms with E-state index in [4.69, 9.17) is 4.74 Å². The van der Waals surface area contributed by atoms with Gasteiger partial charge in [0, 0.05) is 25.6 Å². The average Bonchev–Trinajstić information content (AvgIpc) is 2.83. The van der Waals surface area contributed by atoms with E-state index in [9.17, 15) is 14.3 Å².